The fourth-order valence-corrected chi connectivity index (χ4v) is 2.08. The Morgan fingerprint density at radius 1 is 1.38 bits per heavy atom. The first kappa shape index (κ1) is 11.2. The zero-order valence-corrected chi connectivity index (χ0v) is 10.1. The lowest BCUT2D eigenvalue weighted by Gasteiger charge is -2.04. The smallest absolute Gasteiger partial charge is 0.101 e. The summed E-state index contributed by atoms with van der Waals surface area (Å²) in [6, 6.07) is 4.03. The van der Waals surface area contributed by atoms with Crippen LogP contribution in [0.4, 0.5) is 0 Å². The third-order valence-electron chi connectivity index (χ3n) is 2.19. The number of nitrogens with two attached hydrogens (primary N) is 1. The quantitative estimate of drug-likeness (QED) is 0.882. The Balaban J connectivity index is 2.11. The van der Waals surface area contributed by atoms with Gasteiger partial charge in [0.15, 0.2) is 0 Å². The number of aryl methyl sites for hydroxylation is 1. The van der Waals surface area contributed by atoms with Crippen molar-refractivity contribution >= 4 is 11.8 Å². The fraction of sp³-hybridized carbons (Fsp3) is 0.273. The summed E-state index contributed by atoms with van der Waals surface area (Å²) in [5, 5.41) is 5.06. The van der Waals surface area contributed by atoms with Gasteiger partial charge < -0.3 is 5.73 Å². The molecule has 0 bridgehead atoms. The van der Waals surface area contributed by atoms with Crippen molar-refractivity contribution in [3.05, 3.63) is 36.3 Å². The second-order valence-electron chi connectivity index (χ2n) is 3.67. The van der Waals surface area contributed by atoms with Crippen LogP contribution in [0.25, 0.3) is 0 Å². The van der Waals surface area contributed by atoms with Crippen molar-refractivity contribution < 1.29 is 0 Å². The van der Waals surface area contributed by atoms with E-state index in [9.17, 15) is 0 Å². The summed E-state index contributed by atoms with van der Waals surface area (Å²) in [5.74, 6) is 0. The van der Waals surface area contributed by atoms with Crippen LogP contribution in [-0.4, -0.2) is 14.8 Å². The van der Waals surface area contributed by atoms with Crippen molar-refractivity contribution in [2.75, 3.05) is 0 Å². The summed E-state index contributed by atoms with van der Waals surface area (Å²) in [4.78, 5) is 5.44. The predicted octanol–water partition coefficient (Wildman–Crippen LogP) is 1.99. The molecule has 0 saturated carbocycles. The van der Waals surface area contributed by atoms with E-state index in [0.717, 1.165) is 15.5 Å². The van der Waals surface area contributed by atoms with Gasteiger partial charge in [-0.2, -0.15) is 5.10 Å². The van der Waals surface area contributed by atoms with Gasteiger partial charge in [-0.3, -0.25) is 4.68 Å². The van der Waals surface area contributed by atoms with Crippen LogP contribution in [0.15, 0.2) is 40.6 Å². The van der Waals surface area contributed by atoms with Crippen molar-refractivity contribution in [1.29, 1.82) is 0 Å². The number of pyridine rings is 1. The number of aromatic nitrogens is 3. The number of hydrogen-bond acceptors (Lipinski definition) is 4. The standard InChI is InChI=1S/C11H14N4S/c1-8(12)9-3-4-11(13-5-9)16-10-6-14-15(2)7-10/h3-8H,12H2,1-2H3/t8-/m1/s1. The van der Waals surface area contributed by atoms with Gasteiger partial charge in [-0.15, -0.1) is 0 Å². The Bertz CT molecular complexity index is 461. The molecule has 0 unspecified atom stereocenters. The number of hydrogen-bond donors (Lipinski definition) is 1. The van der Waals surface area contributed by atoms with Crippen LogP contribution < -0.4 is 5.73 Å². The van der Waals surface area contributed by atoms with Gasteiger partial charge in [-0.1, -0.05) is 17.8 Å². The normalized spacial score (nSPS) is 12.7. The van der Waals surface area contributed by atoms with Crippen molar-refractivity contribution in [3.8, 4) is 0 Å². The van der Waals surface area contributed by atoms with Gasteiger partial charge in [0.05, 0.1) is 11.1 Å². The van der Waals surface area contributed by atoms with Crippen LogP contribution in [0.1, 0.15) is 18.5 Å². The van der Waals surface area contributed by atoms with Crippen LogP contribution in [0.3, 0.4) is 0 Å². The predicted molar refractivity (Wildman–Crippen MR) is 64.2 cm³/mol. The van der Waals surface area contributed by atoms with E-state index in [0.29, 0.717) is 0 Å². The monoisotopic (exact) mass is 234 g/mol. The average molecular weight is 234 g/mol. The zero-order chi connectivity index (χ0) is 11.5. The molecule has 16 heavy (non-hydrogen) atoms. The van der Waals surface area contributed by atoms with Crippen LogP contribution in [0, 0.1) is 0 Å². The Labute approximate surface area is 98.9 Å². The Kier molecular flexibility index (Phi) is 3.26. The summed E-state index contributed by atoms with van der Waals surface area (Å²) < 4.78 is 1.78. The van der Waals surface area contributed by atoms with Gasteiger partial charge in [-0.25, -0.2) is 4.98 Å². The van der Waals surface area contributed by atoms with Gasteiger partial charge in [0, 0.05) is 25.5 Å². The molecule has 0 aliphatic carbocycles. The SMILES string of the molecule is C[C@@H](N)c1ccc(Sc2cnn(C)c2)nc1. The molecule has 0 spiro atoms. The van der Waals surface area contributed by atoms with Crippen LogP contribution >= 0.6 is 11.8 Å². The molecule has 0 radical (unpaired) electrons. The van der Waals surface area contributed by atoms with Gasteiger partial charge in [0.2, 0.25) is 0 Å². The minimum Gasteiger partial charge on any atom is -0.324 e. The van der Waals surface area contributed by atoms with E-state index in [1.54, 1.807) is 16.4 Å². The Morgan fingerprint density at radius 2 is 2.19 bits per heavy atom. The zero-order valence-electron chi connectivity index (χ0n) is 9.29. The molecule has 2 rings (SSSR count). The highest BCUT2D eigenvalue weighted by atomic mass is 32.2. The van der Waals surface area contributed by atoms with Crippen LogP contribution in [0.5, 0.6) is 0 Å². The molecule has 0 aliphatic heterocycles. The van der Waals surface area contributed by atoms with Gasteiger partial charge >= 0.3 is 0 Å². The van der Waals surface area contributed by atoms with Crippen molar-refractivity contribution in [3.63, 3.8) is 0 Å². The van der Waals surface area contributed by atoms with E-state index in [1.807, 2.05) is 44.7 Å². The minimum absolute atomic E-state index is 0.0324. The molecule has 0 saturated heterocycles. The molecule has 4 nitrogen and oxygen atoms in total. The van der Waals surface area contributed by atoms with Crippen LogP contribution in [0.2, 0.25) is 0 Å². The van der Waals surface area contributed by atoms with Crippen LogP contribution in [-0.2, 0) is 7.05 Å². The third-order valence-corrected chi connectivity index (χ3v) is 3.09. The average Bonchev–Trinajstić information content (AvgIpc) is 2.65. The second kappa shape index (κ2) is 4.67. The van der Waals surface area contributed by atoms with Crippen molar-refractivity contribution in [2.45, 2.75) is 22.9 Å². The fourth-order valence-electron chi connectivity index (χ4n) is 1.29. The molecule has 2 aromatic heterocycles. The first-order valence-corrected chi connectivity index (χ1v) is 5.85. The first-order chi connectivity index (χ1) is 7.65. The van der Waals surface area contributed by atoms with Gasteiger partial charge in [0.1, 0.15) is 5.03 Å². The van der Waals surface area contributed by atoms with E-state index in [4.69, 9.17) is 5.73 Å². The minimum atomic E-state index is 0.0324. The molecule has 5 heteroatoms. The largest absolute Gasteiger partial charge is 0.324 e. The molecule has 2 heterocycles. The highest BCUT2D eigenvalue weighted by Gasteiger charge is 2.03. The highest BCUT2D eigenvalue weighted by Crippen LogP contribution is 2.25. The lowest BCUT2D eigenvalue weighted by Crippen LogP contribution is -2.04. The maximum Gasteiger partial charge on any atom is 0.101 e. The molecule has 2 aromatic rings. The van der Waals surface area contributed by atoms with Crippen molar-refractivity contribution in [2.24, 2.45) is 12.8 Å². The summed E-state index contributed by atoms with van der Waals surface area (Å²) in [7, 11) is 1.90. The van der Waals surface area contributed by atoms with E-state index in [-0.39, 0.29) is 6.04 Å². The summed E-state index contributed by atoms with van der Waals surface area (Å²) in [5.41, 5.74) is 6.81. The van der Waals surface area contributed by atoms with E-state index >= 15 is 0 Å². The van der Waals surface area contributed by atoms with E-state index in [2.05, 4.69) is 10.1 Å². The molecule has 1 atom stereocenters. The Morgan fingerprint density at radius 3 is 2.69 bits per heavy atom. The van der Waals surface area contributed by atoms with Crippen molar-refractivity contribution in [1.82, 2.24) is 14.8 Å². The Hall–Kier alpha value is -1.33. The number of nitrogens with zero attached hydrogens (tertiary/aromatic N) is 3. The summed E-state index contributed by atoms with van der Waals surface area (Å²) >= 11 is 1.59. The first-order valence-electron chi connectivity index (χ1n) is 5.03. The molecular weight excluding hydrogens is 220 g/mol. The highest BCUT2D eigenvalue weighted by molar-refractivity contribution is 7.99. The van der Waals surface area contributed by atoms with E-state index < -0.39 is 0 Å². The molecule has 0 aromatic carbocycles. The summed E-state index contributed by atoms with van der Waals surface area (Å²) in [6.07, 6.45) is 5.61. The van der Waals surface area contributed by atoms with Gasteiger partial charge in [-0.05, 0) is 18.6 Å². The summed E-state index contributed by atoms with van der Waals surface area (Å²) in [6.45, 7) is 1.95. The van der Waals surface area contributed by atoms with E-state index in [1.165, 1.54) is 0 Å². The molecule has 0 aliphatic rings. The topological polar surface area (TPSA) is 56.7 Å². The maximum atomic E-state index is 5.76. The maximum absolute atomic E-state index is 5.76. The molecule has 0 amide bonds. The second-order valence-corrected chi connectivity index (χ2v) is 4.76. The molecule has 2 N–H and O–H groups in total. The lowest BCUT2D eigenvalue weighted by atomic mass is 10.2. The molecule has 84 valence electrons. The number of rotatable bonds is 3. The van der Waals surface area contributed by atoms with Gasteiger partial charge in [0.25, 0.3) is 0 Å². The lowest BCUT2D eigenvalue weighted by molar-refractivity contribution is 0.766. The molecular formula is C11H14N4S. The third kappa shape index (κ3) is 2.62. The molecule has 0 fully saturated rings.